The van der Waals surface area contributed by atoms with E-state index in [1.165, 1.54) is 0 Å². The van der Waals surface area contributed by atoms with Crippen LogP contribution in [0.2, 0.25) is 0 Å². The van der Waals surface area contributed by atoms with E-state index in [-0.39, 0.29) is 18.4 Å². The van der Waals surface area contributed by atoms with E-state index in [1.54, 1.807) is 24.3 Å². The first-order chi connectivity index (χ1) is 10.1. The third kappa shape index (κ3) is 5.07. The van der Waals surface area contributed by atoms with Crippen LogP contribution in [0.15, 0.2) is 24.3 Å². The number of benzene rings is 1. The molecule has 1 aliphatic rings. The van der Waals surface area contributed by atoms with Crippen LogP contribution in [-0.2, 0) is 14.3 Å². The smallest absolute Gasteiger partial charge is 0.303 e. The highest BCUT2D eigenvalue weighted by Crippen LogP contribution is 2.18. The molecule has 2 N–H and O–H groups in total. The van der Waals surface area contributed by atoms with E-state index >= 15 is 0 Å². The lowest BCUT2D eigenvalue weighted by Gasteiger charge is -2.11. The number of carboxylic acids is 1. The Morgan fingerprint density at radius 2 is 2.10 bits per heavy atom. The van der Waals surface area contributed by atoms with Gasteiger partial charge in [-0.2, -0.15) is 0 Å². The van der Waals surface area contributed by atoms with Crippen LogP contribution in [-0.4, -0.2) is 36.3 Å². The van der Waals surface area contributed by atoms with Crippen LogP contribution in [0.1, 0.15) is 25.7 Å². The van der Waals surface area contributed by atoms with Crippen molar-refractivity contribution in [1.82, 2.24) is 0 Å². The fraction of sp³-hybridized carbons (Fsp3) is 0.467. The number of hydrogen-bond acceptors (Lipinski definition) is 4. The van der Waals surface area contributed by atoms with Gasteiger partial charge in [0.05, 0.1) is 6.61 Å². The van der Waals surface area contributed by atoms with E-state index in [2.05, 4.69) is 5.32 Å². The number of amides is 1. The fourth-order valence-electron chi connectivity index (χ4n) is 2.06. The van der Waals surface area contributed by atoms with Crippen molar-refractivity contribution in [2.45, 2.75) is 31.8 Å². The number of carbonyl (C=O) groups excluding carboxylic acids is 1. The van der Waals surface area contributed by atoms with E-state index in [4.69, 9.17) is 14.6 Å². The van der Waals surface area contributed by atoms with E-state index in [1.807, 2.05) is 0 Å². The summed E-state index contributed by atoms with van der Waals surface area (Å²) >= 11 is 0. The zero-order valence-electron chi connectivity index (χ0n) is 11.7. The minimum Gasteiger partial charge on any atom is -0.494 e. The Labute approximate surface area is 123 Å². The molecule has 1 aromatic rings. The molecular weight excluding hydrogens is 274 g/mol. The maximum atomic E-state index is 11.9. The lowest BCUT2D eigenvalue weighted by molar-refractivity contribution is -0.137. The Bertz CT molecular complexity index is 479. The summed E-state index contributed by atoms with van der Waals surface area (Å²) in [6.07, 6.45) is 1.89. The van der Waals surface area contributed by atoms with Gasteiger partial charge in [0.1, 0.15) is 11.9 Å². The van der Waals surface area contributed by atoms with Gasteiger partial charge < -0.3 is 19.9 Å². The predicted octanol–water partition coefficient (Wildman–Crippen LogP) is 2.05. The average Bonchev–Trinajstić information content (AvgIpc) is 2.99. The molecule has 1 aromatic carbocycles. The number of aliphatic carboxylic acids is 1. The summed E-state index contributed by atoms with van der Waals surface area (Å²) in [5.41, 5.74) is 0.688. The summed E-state index contributed by atoms with van der Waals surface area (Å²) in [5, 5.41) is 11.3. The molecule has 1 aliphatic heterocycles. The third-order valence-electron chi connectivity index (χ3n) is 3.15. The van der Waals surface area contributed by atoms with Crippen LogP contribution >= 0.6 is 0 Å². The molecule has 0 spiro atoms. The number of carboxylic acid groups (broad SMARTS) is 1. The lowest BCUT2D eigenvalue weighted by atomic mass is 10.2. The Morgan fingerprint density at radius 1 is 1.33 bits per heavy atom. The molecule has 0 aromatic heterocycles. The van der Waals surface area contributed by atoms with Crippen molar-refractivity contribution in [3.05, 3.63) is 24.3 Å². The van der Waals surface area contributed by atoms with Crippen molar-refractivity contribution >= 4 is 17.6 Å². The third-order valence-corrected chi connectivity index (χ3v) is 3.15. The van der Waals surface area contributed by atoms with Crippen molar-refractivity contribution in [1.29, 1.82) is 0 Å². The lowest BCUT2D eigenvalue weighted by Crippen LogP contribution is -2.26. The molecule has 1 atom stereocenters. The molecule has 1 fully saturated rings. The summed E-state index contributed by atoms with van der Waals surface area (Å²) < 4.78 is 10.7. The van der Waals surface area contributed by atoms with Gasteiger partial charge >= 0.3 is 5.97 Å². The molecule has 1 amide bonds. The highest BCUT2D eigenvalue weighted by Gasteiger charge is 2.23. The van der Waals surface area contributed by atoms with Gasteiger partial charge in [-0.25, -0.2) is 0 Å². The van der Waals surface area contributed by atoms with Crippen LogP contribution in [0.25, 0.3) is 0 Å². The fourth-order valence-corrected chi connectivity index (χ4v) is 2.06. The average molecular weight is 293 g/mol. The number of carbonyl (C=O) groups is 2. The van der Waals surface area contributed by atoms with Gasteiger partial charge in [-0.15, -0.1) is 0 Å². The van der Waals surface area contributed by atoms with Crippen LogP contribution in [0, 0.1) is 0 Å². The van der Waals surface area contributed by atoms with Gasteiger partial charge in [0, 0.05) is 18.7 Å². The minimum absolute atomic E-state index is 0.0928. The van der Waals surface area contributed by atoms with Gasteiger partial charge in [0.15, 0.2) is 0 Å². The molecule has 2 rings (SSSR count). The predicted molar refractivity (Wildman–Crippen MR) is 76.4 cm³/mol. The molecule has 21 heavy (non-hydrogen) atoms. The largest absolute Gasteiger partial charge is 0.494 e. The molecule has 114 valence electrons. The molecule has 0 radical (unpaired) electrons. The van der Waals surface area contributed by atoms with Crippen LogP contribution in [0.4, 0.5) is 5.69 Å². The summed E-state index contributed by atoms with van der Waals surface area (Å²) in [6.45, 7) is 0.995. The molecule has 0 saturated carbocycles. The van der Waals surface area contributed by atoms with Crippen molar-refractivity contribution in [2.24, 2.45) is 0 Å². The summed E-state index contributed by atoms with van der Waals surface area (Å²) in [6, 6.07) is 6.98. The normalized spacial score (nSPS) is 17.4. The van der Waals surface area contributed by atoms with Gasteiger partial charge in [-0.3, -0.25) is 9.59 Å². The first-order valence-electron chi connectivity index (χ1n) is 7.02. The maximum absolute atomic E-state index is 11.9. The quantitative estimate of drug-likeness (QED) is 0.752. The van der Waals surface area contributed by atoms with Crippen LogP contribution < -0.4 is 10.1 Å². The second kappa shape index (κ2) is 7.64. The highest BCUT2D eigenvalue weighted by molar-refractivity contribution is 5.94. The molecule has 1 saturated heterocycles. The number of rotatable bonds is 7. The second-order valence-corrected chi connectivity index (χ2v) is 4.86. The molecule has 0 aliphatic carbocycles. The molecule has 0 bridgehead atoms. The molecule has 6 heteroatoms. The van der Waals surface area contributed by atoms with E-state index in [9.17, 15) is 9.59 Å². The second-order valence-electron chi connectivity index (χ2n) is 4.86. The Hall–Kier alpha value is -2.08. The molecular formula is C15H19NO5. The molecule has 1 unspecified atom stereocenters. The SMILES string of the molecule is O=C(O)CCCOc1ccc(NC(=O)C2CCCO2)cc1. The number of nitrogens with one attached hydrogen (secondary N) is 1. The summed E-state index contributed by atoms with van der Waals surface area (Å²) in [5.74, 6) is -0.302. The van der Waals surface area contributed by atoms with E-state index in [0.29, 0.717) is 31.1 Å². The zero-order chi connectivity index (χ0) is 15.1. The van der Waals surface area contributed by atoms with Crippen LogP contribution in [0.5, 0.6) is 5.75 Å². The number of anilines is 1. The zero-order valence-corrected chi connectivity index (χ0v) is 11.7. The first kappa shape index (κ1) is 15.3. The maximum Gasteiger partial charge on any atom is 0.303 e. The van der Waals surface area contributed by atoms with E-state index in [0.717, 1.165) is 12.8 Å². The van der Waals surface area contributed by atoms with Crippen LogP contribution in [0.3, 0.4) is 0 Å². The number of hydrogen-bond donors (Lipinski definition) is 2. The van der Waals surface area contributed by atoms with Gasteiger partial charge in [0.2, 0.25) is 0 Å². The number of ether oxygens (including phenoxy) is 2. The monoisotopic (exact) mass is 293 g/mol. The van der Waals surface area contributed by atoms with Gasteiger partial charge in [-0.05, 0) is 43.5 Å². The van der Waals surface area contributed by atoms with Crippen molar-refractivity contribution < 1.29 is 24.2 Å². The Balaban J connectivity index is 1.76. The molecule has 1 heterocycles. The highest BCUT2D eigenvalue weighted by atomic mass is 16.5. The topological polar surface area (TPSA) is 84.9 Å². The first-order valence-corrected chi connectivity index (χ1v) is 7.02. The van der Waals surface area contributed by atoms with Gasteiger partial charge in [0.25, 0.3) is 5.91 Å². The van der Waals surface area contributed by atoms with Crippen molar-refractivity contribution in [3.8, 4) is 5.75 Å². The van der Waals surface area contributed by atoms with Crippen molar-refractivity contribution in [3.63, 3.8) is 0 Å². The van der Waals surface area contributed by atoms with Gasteiger partial charge in [-0.1, -0.05) is 0 Å². The van der Waals surface area contributed by atoms with E-state index < -0.39 is 5.97 Å². The molecule has 6 nitrogen and oxygen atoms in total. The Morgan fingerprint density at radius 3 is 2.71 bits per heavy atom. The van der Waals surface area contributed by atoms with Crippen molar-refractivity contribution in [2.75, 3.05) is 18.5 Å². The minimum atomic E-state index is -0.828. The standard InChI is InChI=1S/C15H19NO5/c17-14(18)4-2-9-20-12-7-5-11(6-8-12)16-15(19)13-3-1-10-21-13/h5-8,13H,1-4,9-10H2,(H,16,19)(H,17,18). The Kier molecular flexibility index (Phi) is 5.57. The summed E-state index contributed by atoms with van der Waals surface area (Å²) in [4.78, 5) is 22.2. The summed E-state index contributed by atoms with van der Waals surface area (Å²) in [7, 11) is 0.